The Bertz CT molecular complexity index is 471. The maximum absolute atomic E-state index is 10.5. The van der Waals surface area contributed by atoms with Crippen LogP contribution in [0.15, 0.2) is 24.4 Å². The van der Waals surface area contributed by atoms with Crippen molar-refractivity contribution in [1.29, 1.82) is 0 Å². The van der Waals surface area contributed by atoms with Crippen LogP contribution in [0, 0.1) is 0 Å². The van der Waals surface area contributed by atoms with Gasteiger partial charge in [0, 0.05) is 6.20 Å². The first-order valence-corrected chi connectivity index (χ1v) is 8.70. The molecule has 0 aliphatic heterocycles. The maximum atomic E-state index is 10.5. The summed E-state index contributed by atoms with van der Waals surface area (Å²) in [5.41, 5.74) is 0.688. The van der Waals surface area contributed by atoms with Crippen LogP contribution in [-0.4, -0.2) is 22.7 Å². The highest BCUT2D eigenvalue weighted by Crippen LogP contribution is 2.18. The van der Waals surface area contributed by atoms with Gasteiger partial charge in [-0.3, -0.25) is 9.78 Å². The normalized spacial score (nSPS) is 11.0. The Kier molecular flexibility index (Phi) is 10.6. The van der Waals surface area contributed by atoms with Gasteiger partial charge in [0.2, 0.25) is 0 Å². The monoisotopic (exact) mass is 319 g/mol. The average molecular weight is 319 g/mol. The van der Waals surface area contributed by atoms with Crippen molar-refractivity contribution in [2.75, 3.05) is 6.61 Å². The predicted octanol–water partition coefficient (Wildman–Crippen LogP) is 5.09. The van der Waals surface area contributed by atoms with Crippen LogP contribution < -0.4 is 4.74 Å². The molecular weight excluding hydrogens is 290 g/mol. The van der Waals surface area contributed by atoms with Crippen LogP contribution in [0.4, 0.5) is 0 Å². The Hall–Kier alpha value is -1.84. The Morgan fingerprint density at radius 1 is 1.17 bits per heavy atom. The van der Waals surface area contributed by atoms with Gasteiger partial charge in [-0.25, -0.2) is 0 Å². The Labute approximate surface area is 139 Å². The van der Waals surface area contributed by atoms with Crippen LogP contribution in [0.1, 0.15) is 70.4 Å². The van der Waals surface area contributed by atoms with Gasteiger partial charge in [0.1, 0.15) is 11.4 Å². The summed E-state index contributed by atoms with van der Waals surface area (Å²) >= 11 is 0. The van der Waals surface area contributed by atoms with E-state index in [2.05, 4.69) is 11.9 Å². The number of aromatic nitrogens is 1. The van der Waals surface area contributed by atoms with Gasteiger partial charge in [0.15, 0.2) is 0 Å². The third kappa shape index (κ3) is 9.72. The summed E-state index contributed by atoms with van der Waals surface area (Å²) in [6.07, 6.45) is 15.1. The molecule has 0 saturated carbocycles. The van der Waals surface area contributed by atoms with Crippen molar-refractivity contribution in [1.82, 2.24) is 4.98 Å². The molecule has 1 rings (SSSR count). The van der Waals surface area contributed by atoms with Gasteiger partial charge in [0.05, 0.1) is 13.0 Å². The van der Waals surface area contributed by atoms with Crippen LogP contribution in [0.25, 0.3) is 6.08 Å². The lowest BCUT2D eigenvalue weighted by Crippen LogP contribution is -2.00. The van der Waals surface area contributed by atoms with Crippen molar-refractivity contribution in [2.45, 2.75) is 64.7 Å². The largest absolute Gasteiger partial charge is 0.491 e. The molecule has 1 N–H and O–H groups in total. The van der Waals surface area contributed by atoms with Crippen molar-refractivity contribution in [3.05, 3.63) is 30.1 Å². The molecule has 128 valence electrons. The minimum atomic E-state index is -0.849. The van der Waals surface area contributed by atoms with Gasteiger partial charge in [-0.2, -0.15) is 0 Å². The fourth-order valence-electron chi connectivity index (χ4n) is 2.34. The zero-order chi connectivity index (χ0) is 16.8. The highest BCUT2D eigenvalue weighted by atomic mass is 16.5. The van der Waals surface area contributed by atoms with E-state index in [-0.39, 0.29) is 6.42 Å². The number of unbranched alkanes of at least 4 members (excludes halogenated alkanes) is 7. The quantitative estimate of drug-likeness (QED) is 0.514. The molecule has 0 amide bonds. The summed E-state index contributed by atoms with van der Waals surface area (Å²) in [7, 11) is 0. The number of ether oxygens (including phenoxy) is 1. The fourth-order valence-corrected chi connectivity index (χ4v) is 2.34. The van der Waals surface area contributed by atoms with Crippen LogP contribution in [0.2, 0.25) is 0 Å². The average Bonchev–Trinajstić information content (AvgIpc) is 2.54. The molecule has 1 heterocycles. The summed E-state index contributed by atoms with van der Waals surface area (Å²) in [4.78, 5) is 14.8. The molecule has 0 aliphatic carbocycles. The molecule has 0 atom stereocenters. The minimum absolute atomic E-state index is 0.00591. The van der Waals surface area contributed by atoms with E-state index in [1.54, 1.807) is 18.3 Å². The van der Waals surface area contributed by atoms with E-state index in [9.17, 15) is 4.79 Å². The summed E-state index contributed by atoms with van der Waals surface area (Å²) in [5, 5.41) is 8.65. The van der Waals surface area contributed by atoms with E-state index in [0.29, 0.717) is 12.3 Å². The molecule has 0 spiro atoms. The van der Waals surface area contributed by atoms with Crippen molar-refractivity contribution >= 4 is 12.0 Å². The number of carbonyl (C=O) groups is 1. The summed E-state index contributed by atoms with van der Waals surface area (Å²) < 4.78 is 5.78. The lowest BCUT2D eigenvalue weighted by molar-refractivity contribution is -0.135. The smallest absolute Gasteiger partial charge is 0.307 e. The number of carboxylic acids is 1. The first-order valence-electron chi connectivity index (χ1n) is 8.70. The molecule has 1 aromatic heterocycles. The number of nitrogens with zero attached hydrogens (tertiary/aromatic N) is 1. The second-order valence-electron chi connectivity index (χ2n) is 5.71. The van der Waals surface area contributed by atoms with Crippen LogP contribution >= 0.6 is 0 Å². The van der Waals surface area contributed by atoms with Gasteiger partial charge in [-0.1, -0.05) is 57.9 Å². The first-order chi connectivity index (χ1) is 11.2. The Morgan fingerprint density at radius 3 is 2.57 bits per heavy atom. The molecule has 0 saturated heterocycles. The molecule has 0 bridgehead atoms. The van der Waals surface area contributed by atoms with E-state index in [4.69, 9.17) is 9.84 Å². The molecule has 23 heavy (non-hydrogen) atoms. The zero-order valence-electron chi connectivity index (χ0n) is 14.2. The van der Waals surface area contributed by atoms with Crippen molar-refractivity contribution < 1.29 is 14.6 Å². The molecule has 0 radical (unpaired) electrons. The van der Waals surface area contributed by atoms with Crippen LogP contribution in [-0.2, 0) is 4.79 Å². The van der Waals surface area contributed by atoms with Gasteiger partial charge in [-0.05, 0) is 24.6 Å². The standard InChI is InChI=1S/C19H29NO3/c1-2-3-4-5-6-7-8-9-16-23-18-13-11-15-20-17(18)12-10-14-19(21)22/h10-13,15H,2-9,14,16H2,1H3,(H,21,22)/b12-10+. The van der Waals surface area contributed by atoms with Crippen LogP contribution in [0.3, 0.4) is 0 Å². The third-order valence-electron chi connectivity index (χ3n) is 3.62. The summed E-state index contributed by atoms with van der Waals surface area (Å²) in [6.45, 7) is 2.92. The van der Waals surface area contributed by atoms with E-state index >= 15 is 0 Å². The van der Waals surface area contributed by atoms with Gasteiger partial charge >= 0.3 is 5.97 Å². The van der Waals surface area contributed by atoms with Gasteiger partial charge < -0.3 is 9.84 Å². The Balaban J connectivity index is 2.21. The lowest BCUT2D eigenvalue weighted by atomic mass is 10.1. The molecule has 1 aromatic rings. The zero-order valence-corrected chi connectivity index (χ0v) is 14.2. The van der Waals surface area contributed by atoms with E-state index in [1.807, 2.05) is 12.1 Å². The van der Waals surface area contributed by atoms with Crippen molar-refractivity contribution in [3.63, 3.8) is 0 Å². The van der Waals surface area contributed by atoms with Gasteiger partial charge in [0.25, 0.3) is 0 Å². The molecule has 0 aromatic carbocycles. The number of hydrogen-bond donors (Lipinski definition) is 1. The van der Waals surface area contributed by atoms with E-state index in [1.165, 1.54) is 44.9 Å². The Morgan fingerprint density at radius 2 is 1.87 bits per heavy atom. The summed E-state index contributed by atoms with van der Waals surface area (Å²) in [5.74, 6) is -0.129. The third-order valence-corrected chi connectivity index (χ3v) is 3.62. The van der Waals surface area contributed by atoms with E-state index < -0.39 is 5.97 Å². The second-order valence-corrected chi connectivity index (χ2v) is 5.71. The maximum Gasteiger partial charge on any atom is 0.307 e. The number of rotatable bonds is 13. The fraction of sp³-hybridized carbons (Fsp3) is 0.579. The molecule has 4 nitrogen and oxygen atoms in total. The second kappa shape index (κ2) is 12.7. The van der Waals surface area contributed by atoms with Crippen LogP contribution in [0.5, 0.6) is 5.75 Å². The number of carboxylic acid groups (broad SMARTS) is 1. The number of hydrogen-bond acceptors (Lipinski definition) is 3. The summed E-state index contributed by atoms with van der Waals surface area (Å²) in [6, 6.07) is 3.70. The molecule has 4 heteroatoms. The SMILES string of the molecule is CCCCCCCCCCOc1cccnc1/C=C/CC(=O)O. The molecule has 0 aliphatic rings. The molecule has 0 unspecified atom stereocenters. The highest BCUT2D eigenvalue weighted by molar-refractivity contribution is 5.70. The number of aliphatic carboxylic acids is 1. The highest BCUT2D eigenvalue weighted by Gasteiger charge is 2.01. The lowest BCUT2D eigenvalue weighted by Gasteiger charge is -2.08. The molecular formula is C19H29NO3. The van der Waals surface area contributed by atoms with E-state index in [0.717, 1.165) is 12.2 Å². The topological polar surface area (TPSA) is 59.4 Å². The molecule has 0 fully saturated rings. The minimum Gasteiger partial charge on any atom is -0.491 e. The first kappa shape index (κ1) is 19.2. The number of pyridine rings is 1. The van der Waals surface area contributed by atoms with Crippen molar-refractivity contribution in [3.8, 4) is 5.75 Å². The van der Waals surface area contributed by atoms with Crippen molar-refractivity contribution in [2.24, 2.45) is 0 Å². The predicted molar refractivity (Wildman–Crippen MR) is 93.6 cm³/mol. The van der Waals surface area contributed by atoms with Gasteiger partial charge in [-0.15, -0.1) is 0 Å².